The fourth-order valence-corrected chi connectivity index (χ4v) is 2.49. The molecule has 0 aliphatic carbocycles. The number of methoxy groups -OCH3 is 2. The summed E-state index contributed by atoms with van der Waals surface area (Å²) in [6, 6.07) is 9.50. The summed E-state index contributed by atoms with van der Waals surface area (Å²) in [7, 11) is 5.14. The Kier molecular flexibility index (Phi) is 5.34. The zero-order valence-corrected chi connectivity index (χ0v) is 13.7. The molecule has 2 rings (SSSR count). The molecule has 0 saturated heterocycles. The van der Waals surface area contributed by atoms with Gasteiger partial charge in [0.15, 0.2) is 11.5 Å². The van der Waals surface area contributed by atoms with Crippen molar-refractivity contribution in [2.75, 3.05) is 21.3 Å². The van der Waals surface area contributed by atoms with Crippen LogP contribution in [0.1, 0.15) is 5.56 Å². The van der Waals surface area contributed by atoms with E-state index in [1.807, 2.05) is 31.3 Å². The van der Waals surface area contributed by atoms with Gasteiger partial charge in [-0.05, 0) is 48.0 Å². The van der Waals surface area contributed by atoms with E-state index in [1.165, 1.54) is 0 Å². The Hall–Kier alpha value is -1.42. The van der Waals surface area contributed by atoms with Crippen LogP contribution in [-0.2, 0) is 6.54 Å². The van der Waals surface area contributed by atoms with Crippen molar-refractivity contribution in [1.82, 2.24) is 5.32 Å². The third-order valence-corrected chi connectivity index (χ3v) is 3.95. The highest BCUT2D eigenvalue weighted by molar-refractivity contribution is 6.42. The average molecular weight is 326 g/mol. The van der Waals surface area contributed by atoms with Crippen molar-refractivity contribution in [1.29, 1.82) is 0 Å². The molecule has 0 unspecified atom stereocenters. The summed E-state index contributed by atoms with van der Waals surface area (Å²) in [6.45, 7) is 0.704. The van der Waals surface area contributed by atoms with Crippen molar-refractivity contribution in [3.63, 3.8) is 0 Å². The second-order valence-corrected chi connectivity index (χ2v) is 5.34. The van der Waals surface area contributed by atoms with E-state index < -0.39 is 0 Å². The molecule has 0 bridgehead atoms. The van der Waals surface area contributed by atoms with Crippen LogP contribution in [0.2, 0.25) is 10.0 Å². The Morgan fingerprint density at radius 1 is 0.952 bits per heavy atom. The lowest BCUT2D eigenvalue weighted by atomic mass is 9.98. The minimum atomic E-state index is 0.527. The van der Waals surface area contributed by atoms with Crippen LogP contribution in [0.15, 0.2) is 30.3 Å². The van der Waals surface area contributed by atoms with Crippen molar-refractivity contribution in [3.8, 4) is 22.6 Å². The van der Waals surface area contributed by atoms with Crippen LogP contribution in [0.25, 0.3) is 11.1 Å². The number of rotatable bonds is 5. The number of ether oxygens (including phenoxy) is 2. The van der Waals surface area contributed by atoms with Crippen molar-refractivity contribution < 1.29 is 9.47 Å². The molecular formula is C16H17Cl2NO2. The fraction of sp³-hybridized carbons (Fsp3) is 0.250. The maximum atomic E-state index is 6.12. The molecule has 1 N–H and O–H groups in total. The van der Waals surface area contributed by atoms with Crippen LogP contribution in [0.5, 0.6) is 11.5 Å². The van der Waals surface area contributed by atoms with Gasteiger partial charge in [-0.25, -0.2) is 0 Å². The maximum absolute atomic E-state index is 6.12. The Morgan fingerprint density at radius 2 is 1.62 bits per heavy atom. The quantitative estimate of drug-likeness (QED) is 0.883. The van der Waals surface area contributed by atoms with E-state index in [9.17, 15) is 0 Å². The normalized spacial score (nSPS) is 10.5. The Morgan fingerprint density at radius 3 is 2.19 bits per heavy atom. The first kappa shape index (κ1) is 16.0. The van der Waals surface area contributed by atoms with E-state index in [-0.39, 0.29) is 0 Å². The highest BCUT2D eigenvalue weighted by Crippen LogP contribution is 2.37. The molecule has 0 aromatic heterocycles. The summed E-state index contributed by atoms with van der Waals surface area (Å²) in [4.78, 5) is 0. The lowest BCUT2D eigenvalue weighted by molar-refractivity contribution is 0.354. The molecular weight excluding hydrogens is 309 g/mol. The molecule has 0 spiro atoms. The first-order valence-corrected chi connectivity index (χ1v) is 7.21. The molecule has 0 fully saturated rings. The minimum absolute atomic E-state index is 0.527. The largest absolute Gasteiger partial charge is 0.493 e. The van der Waals surface area contributed by atoms with Crippen LogP contribution in [0, 0.1) is 0 Å². The smallest absolute Gasteiger partial charge is 0.161 e. The first-order valence-electron chi connectivity index (χ1n) is 6.45. The van der Waals surface area contributed by atoms with Gasteiger partial charge in [0.1, 0.15) is 0 Å². The van der Waals surface area contributed by atoms with Crippen molar-refractivity contribution in [3.05, 3.63) is 45.9 Å². The summed E-state index contributed by atoms with van der Waals surface area (Å²) in [5, 5.41) is 4.22. The SMILES string of the molecule is CNCc1cc(OC)c(OC)cc1-c1ccc(Cl)c(Cl)c1. The molecule has 0 aliphatic rings. The second-order valence-electron chi connectivity index (χ2n) is 4.52. The topological polar surface area (TPSA) is 30.5 Å². The third kappa shape index (κ3) is 3.43. The average Bonchev–Trinajstić information content (AvgIpc) is 2.50. The number of hydrogen-bond acceptors (Lipinski definition) is 3. The summed E-state index contributed by atoms with van der Waals surface area (Å²) in [5.41, 5.74) is 3.10. The van der Waals surface area contributed by atoms with Gasteiger partial charge in [-0.1, -0.05) is 29.3 Å². The Balaban J connectivity index is 2.61. The van der Waals surface area contributed by atoms with E-state index in [1.54, 1.807) is 20.3 Å². The molecule has 0 heterocycles. The third-order valence-electron chi connectivity index (χ3n) is 3.21. The molecule has 0 saturated carbocycles. The monoisotopic (exact) mass is 325 g/mol. The van der Waals surface area contributed by atoms with Crippen LogP contribution < -0.4 is 14.8 Å². The van der Waals surface area contributed by atoms with Crippen molar-refractivity contribution >= 4 is 23.2 Å². The lowest BCUT2D eigenvalue weighted by Gasteiger charge is -2.15. The number of halogens is 2. The molecule has 0 atom stereocenters. The van der Waals surface area contributed by atoms with Gasteiger partial charge in [-0.3, -0.25) is 0 Å². The number of nitrogens with one attached hydrogen (secondary N) is 1. The molecule has 5 heteroatoms. The number of benzene rings is 2. The summed E-state index contributed by atoms with van der Waals surface area (Å²) in [5.74, 6) is 1.38. The zero-order valence-electron chi connectivity index (χ0n) is 12.2. The Bertz CT molecular complexity index is 644. The predicted octanol–water partition coefficient (Wildman–Crippen LogP) is 4.40. The van der Waals surface area contributed by atoms with Gasteiger partial charge in [-0.15, -0.1) is 0 Å². The van der Waals surface area contributed by atoms with E-state index >= 15 is 0 Å². The van der Waals surface area contributed by atoms with E-state index in [4.69, 9.17) is 32.7 Å². The minimum Gasteiger partial charge on any atom is -0.493 e. The van der Waals surface area contributed by atoms with Gasteiger partial charge in [-0.2, -0.15) is 0 Å². The standard InChI is InChI=1S/C16H17Cl2NO2/c1-19-9-11-7-15(20-2)16(21-3)8-12(11)10-4-5-13(17)14(18)6-10/h4-8,19H,9H2,1-3H3. The highest BCUT2D eigenvalue weighted by Gasteiger charge is 2.13. The van der Waals surface area contributed by atoms with Crippen LogP contribution in [-0.4, -0.2) is 21.3 Å². The molecule has 0 aliphatic heterocycles. The van der Waals surface area contributed by atoms with Crippen molar-refractivity contribution in [2.45, 2.75) is 6.54 Å². The fourth-order valence-electron chi connectivity index (χ4n) is 2.19. The first-order chi connectivity index (χ1) is 10.1. The van der Waals surface area contributed by atoms with Crippen LogP contribution in [0.3, 0.4) is 0 Å². The van der Waals surface area contributed by atoms with Gasteiger partial charge >= 0.3 is 0 Å². The summed E-state index contributed by atoms with van der Waals surface area (Å²) < 4.78 is 10.7. The van der Waals surface area contributed by atoms with Crippen LogP contribution >= 0.6 is 23.2 Å². The molecule has 2 aromatic rings. The van der Waals surface area contributed by atoms with E-state index in [0.29, 0.717) is 28.1 Å². The van der Waals surface area contributed by atoms with Gasteiger partial charge < -0.3 is 14.8 Å². The lowest BCUT2D eigenvalue weighted by Crippen LogP contribution is -2.07. The van der Waals surface area contributed by atoms with Crippen molar-refractivity contribution in [2.24, 2.45) is 0 Å². The molecule has 2 aromatic carbocycles. The highest BCUT2D eigenvalue weighted by atomic mass is 35.5. The molecule has 3 nitrogen and oxygen atoms in total. The second kappa shape index (κ2) is 7.03. The zero-order chi connectivity index (χ0) is 15.4. The van der Waals surface area contributed by atoms with Crippen LogP contribution in [0.4, 0.5) is 0 Å². The molecule has 21 heavy (non-hydrogen) atoms. The van der Waals surface area contributed by atoms with Gasteiger partial charge in [0, 0.05) is 6.54 Å². The summed E-state index contributed by atoms with van der Waals surface area (Å²) in [6.07, 6.45) is 0. The van der Waals surface area contributed by atoms with Gasteiger partial charge in [0.2, 0.25) is 0 Å². The van der Waals surface area contributed by atoms with E-state index in [0.717, 1.165) is 16.7 Å². The maximum Gasteiger partial charge on any atom is 0.161 e. The van der Waals surface area contributed by atoms with Gasteiger partial charge in [0.05, 0.1) is 24.3 Å². The molecule has 0 radical (unpaired) electrons. The Labute approximate surface area is 134 Å². The molecule has 0 amide bonds. The predicted molar refractivity (Wildman–Crippen MR) is 87.8 cm³/mol. The summed E-state index contributed by atoms with van der Waals surface area (Å²) >= 11 is 12.1. The van der Waals surface area contributed by atoms with E-state index in [2.05, 4.69) is 5.32 Å². The number of hydrogen-bond donors (Lipinski definition) is 1. The molecule has 112 valence electrons. The van der Waals surface area contributed by atoms with Gasteiger partial charge in [0.25, 0.3) is 0 Å².